The van der Waals surface area contributed by atoms with Gasteiger partial charge in [0.15, 0.2) is 0 Å². The minimum atomic E-state index is -1.24. The summed E-state index contributed by atoms with van der Waals surface area (Å²) in [6, 6.07) is 9.54. The van der Waals surface area contributed by atoms with Gasteiger partial charge in [0, 0.05) is 6.20 Å². The third kappa shape index (κ3) is 3.21. The van der Waals surface area contributed by atoms with Gasteiger partial charge in [0.05, 0.1) is 19.0 Å². The highest BCUT2D eigenvalue weighted by Gasteiger charge is 2.49. The summed E-state index contributed by atoms with van der Waals surface area (Å²) in [6.45, 7) is 1.22. The number of hydrogen-bond donors (Lipinski definition) is 2. The second-order valence-corrected chi connectivity index (χ2v) is 5.96. The van der Waals surface area contributed by atoms with Gasteiger partial charge in [-0.25, -0.2) is 4.79 Å². The Morgan fingerprint density at radius 3 is 2.62 bits per heavy atom. The third-order valence-corrected chi connectivity index (χ3v) is 4.19. The molecule has 26 heavy (non-hydrogen) atoms. The number of carbonyl (C=O) groups is 3. The standard InChI is InChI=1S/C18H18N4O4/c1-18(12-5-7-14(26-2)8-6-12)16(24)22(17(25)21-18)11-15(23)20-13-4-3-9-19-10-13/h3-10H,11H2,1-2H3,(H,20,23)(H,21,25)/t18-/m0/s1. The molecule has 1 aromatic carbocycles. The van der Waals surface area contributed by atoms with Crippen molar-refractivity contribution in [2.75, 3.05) is 19.0 Å². The minimum Gasteiger partial charge on any atom is -0.497 e. The van der Waals surface area contributed by atoms with Crippen molar-refractivity contribution in [1.29, 1.82) is 0 Å². The second-order valence-electron chi connectivity index (χ2n) is 5.96. The lowest BCUT2D eigenvalue weighted by Crippen LogP contribution is -2.42. The molecule has 2 aromatic rings. The number of carbonyl (C=O) groups excluding carboxylic acids is 3. The van der Waals surface area contributed by atoms with Gasteiger partial charge in [-0.2, -0.15) is 0 Å². The molecule has 0 saturated carbocycles. The van der Waals surface area contributed by atoms with E-state index in [0.29, 0.717) is 17.0 Å². The van der Waals surface area contributed by atoms with Crippen LogP contribution in [0.2, 0.25) is 0 Å². The number of pyridine rings is 1. The van der Waals surface area contributed by atoms with Crippen molar-refractivity contribution >= 4 is 23.5 Å². The molecule has 0 radical (unpaired) electrons. The summed E-state index contributed by atoms with van der Waals surface area (Å²) in [4.78, 5) is 42.0. The van der Waals surface area contributed by atoms with Crippen LogP contribution in [-0.2, 0) is 15.1 Å². The van der Waals surface area contributed by atoms with Crippen molar-refractivity contribution in [1.82, 2.24) is 15.2 Å². The molecule has 0 bridgehead atoms. The van der Waals surface area contributed by atoms with E-state index < -0.39 is 23.4 Å². The van der Waals surface area contributed by atoms with Crippen LogP contribution < -0.4 is 15.4 Å². The van der Waals surface area contributed by atoms with Crippen LogP contribution in [0.3, 0.4) is 0 Å². The van der Waals surface area contributed by atoms with E-state index in [2.05, 4.69) is 15.6 Å². The fraction of sp³-hybridized carbons (Fsp3) is 0.222. The van der Waals surface area contributed by atoms with Gasteiger partial charge in [0.2, 0.25) is 5.91 Å². The predicted octanol–water partition coefficient (Wildman–Crippen LogP) is 1.50. The Morgan fingerprint density at radius 1 is 1.27 bits per heavy atom. The van der Waals surface area contributed by atoms with Crippen molar-refractivity contribution in [3.8, 4) is 5.75 Å². The first-order chi connectivity index (χ1) is 12.4. The number of nitrogens with zero attached hydrogens (tertiary/aromatic N) is 2. The fourth-order valence-corrected chi connectivity index (χ4v) is 2.74. The number of nitrogens with one attached hydrogen (secondary N) is 2. The Balaban J connectivity index is 1.74. The lowest BCUT2D eigenvalue weighted by molar-refractivity contribution is -0.133. The van der Waals surface area contributed by atoms with E-state index >= 15 is 0 Å². The largest absolute Gasteiger partial charge is 0.497 e. The summed E-state index contributed by atoms with van der Waals surface area (Å²) in [7, 11) is 1.54. The monoisotopic (exact) mass is 354 g/mol. The maximum atomic E-state index is 12.8. The molecule has 0 spiro atoms. The van der Waals surface area contributed by atoms with Crippen LogP contribution in [0.5, 0.6) is 5.75 Å². The molecule has 1 fully saturated rings. The normalized spacial score (nSPS) is 19.2. The summed E-state index contributed by atoms with van der Waals surface area (Å²) >= 11 is 0. The molecule has 8 heteroatoms. The first-order valence-corrected chi connectivity index (χ1v) is 7.92. The smallest absolute Gasteiger partial charge is 0.325 e. The molecule has 3 rings (SSSR count). The van der Waals surface area contributed by atoms with Gasteiger partial charge in [0.1, 0.15) is 17.8 Å². The molecule has 134 valence electrons. The number of aromatic nitrogens is 1. The van der Waals surface area contributed by atoms with Crippen molar-refractivity contribution in [3.63, 3.8) is 0 Å². The average molecular weight is 354 g/mol. The predicted molar refractivity (Wildman–Crippen MR) is 93.5 cm³/mol. The molecule has 2 heterocycles. The van der Waals surface area contributed by atoms with Gasteiger partial charge in [-0.05, 0) is 36.8 Å². The lowest BCUT2D eigenvalue weighted by atomic mass is 9.92. The maximum absolute atomic E-state index is 12.8. The van der Waals surface area contributed by atoms with Gasteiger partial charge in [-0.15, -0.1) is 0 Å². The highest BCUT2D eigenvalue weighted by atomic mass is 16.5. The number of hydrogen-bond acceptors (Lipinski definition) is 5. The van der Waals surface area contributed by atoms with Crippen LogP contribution in [0.1, 0.15) is 12.5 Å². The van der Waals surface area contributed by atoms with Crippen molar-refractivity contribution in [3.05, 3.63) is 54.4 Å². The van der Waals surface area contributed by atoms with Gasteiger partial charge in [-0.3, -0.25) is 19.5 Å². The molecule has 1 aliphatic heterocycles. The zero-order chi connectivity index (χ0) is 18.7. The van der Waals surface area contributed by atoms with Crippen molar-refractivity contribution < 1.29 is 19.1 Å². The number of urea groups is 1. The Morgan fingerprint density at radius 2 is 2.00 bits per heavy atom. The fourth-order valence-electron chi connectivity index (χ4n) is 2.74. The first kappa shape index (κ1) is 17.4. The lowest BCUT2D eigenvalue weighted by Gasteiger charge is -2.22. The number of rotatable bonds is 5. The zero-order valence-corrected chi connectivity index (χ0v) is 14.4. The van der Waals surface area contributed by atoms with Gasteiger partial charge in [-0.1, -0.05) is 12.1 Å². The zero-order valence-electron chi connectivity index (χ0n) is 14.4. The topological polar surface area (TPSA) is 101 Å². The average Bonchev–Trinajstić information content (AvgIpc) is 2.86. The van der Waals surface area contributed by atoms with Gasteiger partial charge < -0.3 is 15.4 Å². The molecule has 8 nitrogen and oxygen atoms in total. The van der Waals surface area contributed by atoms with Gasteiger partial charge in [0.25, 0.3) is 5.91 Å². The Kier molecular flexibility index (Phi) is 4.57. The maximum Gasteiger partial charge on any atom is 0.325 e. The number of benzene rings is 1. The van der Waals surface area contributed by atoms with Gasteiger partial charge >= 0.3 is 6.03 Å². The molecule has 0 aliphatic carbocycles. The van der Waals surface area contributed by atoms with Crippen LogP contribution >= 0.6 is 0 Å². The molecule has 1 atom stereocenters. The molecular weight excluding hydrogens is 336 g/mol. The van der Waals surface area contributed by atoms with E-state index in [9.17, 15) is 14.4 Å². The molecule has 0 unspecified atom stereocenters. The Hall–Kier alpha value is -3.42. The second kappa shape index (κ2) is 6.83. The van der Waals surface area contributed by atoms with Crippen molar-refractivity contribution in [2.45, 2.75) is 12.5 Å². The van der Waals surface area contributed by atoms with E-state index in [4.69, 9.17) is 4.74 Å². The molecule has 1 saturated heterocycles. The quantitative estimate of drug-likeness (QED) is 0.793. The number of ether oxygens (including phenoxy) is 1. The molecular formula is C18H18N4O4. The summed E-state index contributed by atoms with van der Waals surface area (Å²) in [5, 5.41) is 5.26. The molecule has 1 aliphatic rings. The molecule has 4 amide bonds. The van der Waals surface area contributed by atoms with E-state index in [-0.39, 0.29) is 6.54 Å². The Labute approximate surface area is 150 Å². The van der Waals surface area contributed by atoms with E-state index in [0.717, 1.165) is 4.90 Å². The van der Waals surface area contributed by atoms with Crippen molar-refractivity contribution in [2.24, 2.45) is 0 Å². The summed E-state index contributed by atoms with van der Waals surface area (Å²) in [5.41, 5.74) is -0.146. The molecule has 2 N–H and O–H groups in total. The van der Waals surface area contributed by atoms with E-state index in [1.54, 1.807) is 56.6 Å². The number of amides is 4. The van der Waals surface area contributed by atoms with Crippen LogP contribution in [0.4, 0.5) is 10.5 Å². The highest BCUT2D eigenvalue weighted by molar-refractivity contribution is 6.10. The summed E-state index contributed by atoms with van der Waals surface area (Å²) < 4.78 is 5.10. The van der Waals surface area contributed by atoms with E-state index in [1.807, 2.05) is 0 Å². The van der Waals surface area contributed by atoms with Crippen LogP contribution in [0, 0.1) is 0 Å². The third-order valence-electron chi connectivity index (χ3n) is 4.19. The number of anilines is 1. The molecule has 1 aromatic heterocycles. The number of imide groups is 1. The summed E-state index contributed by atoms with van der Waals surface area (Å²) in [5.74, 6) is -0.337. The van der Waals surface area contributed by atoms with E-state index in [1.165, 1.54) is 6.20 Å². The Bertz CT molecular complexity index is 838. The first-order valence-electron chi connectivity index (χ1n) is 7.92. The van der Waals surface area contributed by atoms with Crippen LogP contribution in [0.25, 0.3) is 0 Å². The SMILES string of the molecule is COc1ccc([C@]2(C)NC(=O)N(CC(=O)Nc3cccnc3)C2=O)cc1. The van der Waals surface area contributed by atoms with Crippen LogP contribution in [-0.4, -0.2) is 41.4 Å². The minimum absolute atomic E-state index is 0.384. The summed E-state index contributed by atoms with van der Waals surface area (Å²) in [6.07, 6.45) is 3.05. The highest BCUT2D eigenvalue weighted by Crippen LogP contribution is 2.29. The number of methoxy groups -OCH3 is 1. The van der Waals surface area contributed by atoms with Crippen LogP contribution in [0.15, 0.2) is 48.8 Å².